The molecule has 1 heterocycles. The van der Waals surface area contributed by atoms with Crippen molar-refractivity contribution in [1.82, 2.24) is 4.90 Å². The molecule has 0 radical (unpaired) electrons. The molecule has 0 aromatic rings. The van der Waals surface area contributed by atoms with Crippen molar-refractivity contribution in [3.8, 4) is 0 Å². The van der Waals surface area contributed by atoms with Gasteiger partial charge >= 0.3 is 0 Å². The Hall–Kier alpha value is -0.120. The molecule has 12 heavy (non-hydrogen) atoms. The van der Waals surface area contributed by atoms with E-state index in [0.29, 0.717) is 6.04 Å². The summed E-state index contributed by atoms with van der Waals surface area (Å²) < 4.78 is 5.32. The number of hydrogen-bond acceptors (Lipinski definition) is 3. The second-order valence-electron chi connectivity index (χ2n) is 3.82. The monoisotopic (exact) mass is 172 g/mol. The fourth-order valence-electron chi connectivity index (χ4n) is 1.68. The Morgan fingerprint density at radius 2 is 2.17 bits per heavy atom. The summed E-state index contributed by atoms with van der Waals surface area (Å²) in [5.41, 5.74) is 5.90. The van der Waals surface area contributed by atoms with Crippen molar-refractivity contribution in [3.63, 3.8) is 0 Å². The molecule has 2 atom stereocenters. The molecule has 1 fully saturated rings. The van der Waals surface area contributed by atoms with Gasteiger partial charge in [-0.25, -0.2) is 0 Å². The number of methoxy groups -OCH3 is 1. The zero-order valence-electron chi connectivity index (χ0n) is 8.29. The van der Waals surface area contributed by atoms with Crippen molar-refractivity contribution in [2.75, 3.05) is 20.2 Å². The van der Waals surface area contributed by atoms with Gasteiger partial charge in [0.25, 0.3) is 0 Å². The number of likely N-dealkylation sites (tertiary alicyclic amines) is 1. The van der Waals surface area contributed by atoms with Gasteiger partial charge in [-0.05, 0) is 20.3 Å². The maximum absolute atomic E-state index is 5.90. The van der Waals surface area contributed by atoms with Gasteiger partial charge in [0.2, 0.25) is 0 Å². The van der Waals surface area contributed by atoms with Gasteiger partial charge in [-0.3, -0.25) is 4.90 Å². The zero-order chi connectivity index (χ0) is 9.14. The van der Waals surface area contributed by atoms with Crippen LogP contribution in [0.5, 0.6) is 0 Å². The van der Waals surface area contributed by atoms with E-state index in [1.54, 1.807) is 7.11 Å². The van der Waals surface area contributed by atoms with E-state index in [9.17, 15) is 0 Å². The van der Waals surface area contributed by atoms with Crippen molar-refractivity contribution in [2.45, 2.75) is 38.5 Å². The third kappa shape index (κ3) is 2.19. The highest BCUT2D eigenvalue weighted by molar-refractivity contribution is 4.84. The average molecular weight is 172 g/mol. The second-order valence-corrected chi connectivity index (χ2v) is 3.82. The minimum Gasteiger partial charge on any atom is -0.379 e. The predicted octanol–water partition coefficient (Wildman–Crippen LogP) is 0.443. The maximum atomic E-state index is 5.90. The van der Waals surface area contributed by atoms with Crippen LogP contribution in [-0.2, 0) is 4.74 Å². The summed E-state index contributed by atoms with van der Waals surface area (Å²) >= 11 is 0. The molecule has 1 rings (SSSR count). The summed E-state index contributed by atoms with van der Waals surface area (Å²) in [7, 11) is 1.74. The van der Waals surface area contributed by atoms with Crippen LogP contribution in [0.15, 0.2) is 0 Å². The van der Waals surface area contributed by atoms with Gasteiger partial charge in [-0.15, -0.1) is 0 Å². The Morgan fingerprint density at radius 3 is 2.67 bits per heavy atom. The Labute approximate surface area is 74.9 Å². The molecule has 0 spiro atoms. The molecule has 1 aliphatic heterocycles. The van der Waals surface area contributed by atoms with E-state index < -0.39 is 0 Å². The van der Waals surface area contributed by atoms with Gasteiger partial charge in [0.05, 0.1) is 6.10 Å². The Morgan fingerprint density at radius 1 is 1.50 bits per heavy atom. The molecule has 0 bridgehead atoms. The normalized spacial score (nSPS) is 32.8. The molecular formula is C9H20N2O. The van der Waals surface area contributed by atoms with Crippen molar-refractivity contribution in [1.29, 1.82) is 0 Å². The summed E-state index contributed by atoms with van der Waals surface area (Å²) in [5.74, 6) is 0. The quantitative estimate of drug-likeness (QED) is 0.657. The van der Waals surface area contributed by atoms with Crippen LogP contribution in [0.3, 0.4) is 0 Å². The van der Waals surface area contributed by atoms with Gasteiger partial charge in [-0.1, -0.05) is 0 Å². The number of rotatable bonds is 2. The van der Waals surface area contributed by atoms with Crippen LogP contribution >= 0.6 is 0 Å². The van der Waals surface area contributed by atoms with Gasteiger partial charge < -0.3 is 10.5 Å². The van der Waals surface area contributed by atoms with Crippen molar-refractivity contribution in [2.24, 2.45) is 5.73 Å². The summed E-state index contributed by atoms with van der Waals surface area (Å²) in [6.45, 7) is 6.52. The molecule has 1 saturated heterocycles. The van der Waals surface area contributed by atoms with Gasteiger partial charge in [0, 0.05) is 32.3 Å². The lowest BCUT2D eigenvalue weighted by Crippen LogP contribution is -2.53. The molecule has 0 amide bonds. The largest absolute Gasteiger partial charge is 0.379 e. The molecule has 72 valence electrons. The van der Waals surface area contributed by atoms with Crippen LogP contribution < -0.4 is 5.73 Å². The third-order valence-electron chi connectivity index (χ3n) is 2.67. The topological polar surface area (TPSA) is 38.5 Å². The molecule has 3 nitrogen and oxygen atoms in total. The standard InChI is InChI=1S/C9H20N2O/c1-7(2)11-5-4-8(10)9(6-11)12-3/h7-9H,4-6,10H2,1-3H3/t8-,9-/m1/s1. The lowest BCUT2D eigenvalue weighted by atomic mass is 10.0. The minimum absolute atomic E-state index is 0.223. The SMILES string of the molecule is CO[C@@H]1CN(C(C)C)CC[C@H]1N. The Kier molecular flexibility index (Phi) is 3.50. The van der Waals surface area contributed by atoms with E-state index in [0.717, 1.165) is 19.5 Å². The van der Waals surface area contributed by atoms with E-state index in [1.807, 2.05) is 0 Å². The summed E-state index contributed by atoms with van der Waals surface area (Å²) in [6, 6.07) is 0.833. The van der Waals surface area contributed by atoms with Crippen molar-refractivity contribution in [3.05, 3.63) is 0 Å². The van der Waals surface area contributed by atoms with E-state index in [4.69, 9.17) is 10.5 Å². The first kappa shape index (κ1) is 9.96. The zero-order valence-corrected chi connectivity index (χ0v) is 8.29. The number of hydrogen-bond donors (Lipinski definition) is 1. The molecule has 0 saturated carbocycles. The van der Waals surface area contributed by atoms with E-state index in [2.05, 4.69) is 18.7 Å². The van der Waals surface area contributed by atoms with Crippen LogP contribution in [0.2, 0.25) is 0 Å². The van der Waals surface area contributed by atoms with E-state index in [1.165, 1.54) is 0 Å². The Bertz CT molecular complexity index is 138. The number of piperidine rings is 1. The molecule has 0 aromatic heterocycles. The number of nitrogens with zero attached hydrogens (tertiary/aromatic N) is 1. The van der Waals surface area contributed by atoms with Crippen molar-refractivity contribution < 1.29 is 4.74 Å². The van der Waals surface area contributed by atoms with Crippen LogP contribution in [0.4, 0.5) is 0 Å². The fraction of sp³-hybridized carbons (Fsp3) is 1.00. The van der Waals surface area contributed by atoms with E-state index in [-0.39, 0.29) is 12.1 Å². The first-order valence-electron chi connectivity index (χ1n) is 4.67. The molecule has 1 aliphatic rings. The highest BCUT2D eigenvalue weighted by atomic mass is 16.5. The Balaban J connectivity index is 2.44. The lowest BCUT2D eigenvalue weighted by Gasteiger charge is -2.38. The fourth-order valence-corrected chi connectivity index (χ4v) is 1.68. The van der Waals surface area contributed by atoms with Gasteiger partial charge in [0.15, 0.2) is 0 Å². The number of ether oxygens (including phenoxy) is 1. The highest BCUT2D eigenvalue weighted by Crippen LogP contribution is 2.13. The lowest BCUT2D eigenvalue weighted by molar-refractivity contribution is 0.00644. The van der Waals surface area contributed by atoms with Crippen LogP contribution in [0.25, 0.3) is 0 Å². The number of nitrogens with two attached hydrogens (primary N) is 1. The average Bonchev–Trinajstić information content (AvgIpc) is 2.05. The third-order valence-corrected chi connectivity index (χ3v) is 2.67. The van der Waals surface area contributed by atoms with Gasteiger partial charge in [0.1, 0.15) is 0 Å². The second kappa shape index (κ2) is 4.21. The van der Waals surface area contributed by atoms with Gasteiger partial charge in [-0.2, -0.15) is 0 Å². The minimum atomic E-state index is 0.223. The molecule has 0 aliphatic carbocycles. The van der Waals surface area contributed by atoms with Crippen molar-refractivity contribution >= 4 is 0 Å². The summed E-state index contributed by atoms with van der Waals surface area (Å²) in [4.78, 5) is 2.41. The highest BCUT2D eigenvalue weighted by Gasteiger charge is 2.27. The molecule has 0 aromatic carbocycles. The summed E-state index contributed by atoms with van der Waals surface area (Å²) in [6.07, 6.45) is 1.28. The molecular weight excluding hydrogens is 152 g/mol. The first-order chi connectivity index (χ1) is 5.65. The smallest absolute Gasteiger partial charge is 0.0849 e. The summed E-state index contributed by atoms with van der Waals surface area (Å²) in [5, 5.41) is 0. The molecule has 2 N–H and O–H groups in total. The first-order valence-corrected chi connectivity index (χ1v) is 4.67. The predicted molar refractivity (Wildman–Crippen MR) is 50.1 cm³/mol. The van der Waals surface area contributed by atoms with Crippen LogP contribution in [0.1, 0.15) is 20.3 Å². The maximum Gasteiger partial charge on any atom is 0.0849 e. The van der Waals surface area contributed by atoms with Crippen LogP contribution in [0, 0.1) is 0 Å². The van der Waals surface area contributed by atoms with Crippen LogP contribution in [-0.4, -0.2) is 43.3 Å². The van der Waals surface area contributed by atoms with E-state index >= 15 is 0 Å². The molecule has 3 heteroatoms. The molecule has 0 unspecified atom stereocenters.